The van der Waals surface area contributed by atoms with Crippen LogP contribution >= 0.6 is 0 Å². The number of hydrogen-bond acceptors (Lipinski definition) is 4. The van der Waals surface area contributed by atoms with Crippen molar-refractivity contribution in [3.05, 3.63) is 30.3 Å². The molecule has 0 amide bonds. The molecule has 0 spiro atoms. The van der Waals surface area contributed by atoms with E-state index in [2.05, 4.69) is 4.74 Å². The number of esters is 1. The van der Waals surface area contributed by atoms with E-state index in [0.29, 0.717) is 6.61 Å². The Kier molecular flexibility index (Phi) is 8.78. The number of ether oxygens (including phenoxy) is 2. The molecule has 96 valence electrons. The number of carbonyl (C=O) groups excluding carboxylic acids is 1. The molecule has 4 heteroatoms. The van der Waals surface area contributed by atoms with Gasteiger partial charge in [0.25, 0.3) is 0 Å². The van der Waals surface area contributed by atoms with E-state index in [4.69, 9.17) is 9.84 Å². The Bertz CT molecular complexity index is 296. The third-order valence-corrected chi connectivity index (χ3v) is 1.68. The van der Waals surface area contributed by atoms with E-state index in [9.17, 15) is 4.79 Å². The molecule has 4 nitrogen and oxygen atoms in total. The zero-order valence-corrected chi connectivity index (χ0v) is 10.6. The van der Waals surface area contributed by atoms with E-state index in [1.54, 1.807) is 6.92 Å². The highest BCUT2D eigenvalue weighted by atomic mass is 16.5. The molecule has 1 aromatic rings. The van der Waals surface area contributed by atoms with Crippen molar-refractivity contribution in [1.82, 2.24) is 0 Å². The predicted molar refractivity (Wildman–Crippen MR) is 65.9 cm³/mol. The third kappa shape index (κ3) is 8.28. The molecule has 0 aromatic heterocycles. The maximum atomic E-state index is 10.3. The Hall–Kier alpha value is -1.55. The molecule has 0 aliphatic rings. The number of para-hydroxylation sites is 1. The quantitative estimate of drug-likeness (QED) is 0.818. The van der Waals surface area contributed by atoms with Crippen LogP contribution in [0.1, 0.15) is 20.8 Å². The van der Waals surface area contributed by atoms with Crippen molar-refractivity contribution in [2.45, 2.75) is 26.9 Å². The Morgan fingerprint density at radius 3 is 2.18 bits per heavy atom. The second kappa shape index (κ2) is 9.66. The highest BCUT2D eigenvalue weighted by Gasteiger charge is 2.07. The maximum Gasteiger partial charge on any atom is 0.334 e. The lowest BCUT2D eigenvalue weighted by Gasteiger charge is -2.01. The van der Waals surface area contributed by atoms with Gasteiger partial charge in [-0.1, -0.05) is 18.2 Å². The first kappa shape index (κ1) is 15.4. The second-order valence-electron chi connectivity index (χ2n) is 3.17. The van der Waals surface area contributed by atoms with Gasteiger partial charge in [-0.15, -0.1) is 0 Å². The van der Waals surface area contributed by atoms with E-state index >= 15 is 0 Å². The van der Waals surface area contributed by atoms with Crippen molar-refractivity contribution in [3.63, 3.8) is 0 Å². The minimum Gasteiger partial charge on any atom is -0.494 e. The van der Waals surface area contributed by atoms with Crippen molar-refractivity contribution in [1.29, 1.82) is 0 Å². The molecule has 1 N–H and O–H groups in total. The Labute approximate surface area is 102 Å². The summed E-state index contributed by atoms with van der Waals surface area (Å²) in [6, 6.07) is 9.80. The highest BCUT2D eigenvalue weighted by Crippen LogP contribution is 2.06. The SMILES string of the molecule is CCOC(=O)C(C)O.CCOc1ccccc1. The molecule has 0 bridgehead atoms. The minimum absolute atomic E-state index is 0.323. The van der Waals surface area contributed by atoms with Gasteiger partial charge in [0, 0.05) is 0 Å². The summed E-state index contributed by atoms with van der Waals surface area (Å²) in [4.78, 5) is 10.3. The van der Waals surface area contributed by atoms with Crippen LogP contribution in [-0.4, -0.2) is 30.4 Å². The molecule has 1 aromatic carbocycles. The molecular formula is C13H20O4. The minimum atomic E-state index is -0.991. The lowest BCUT2D eigenvalue weighted by atomic mass is 10.3. The first-order chi connectivity index (χ1) is 8.11. The van der Waals surface area contributed by atoms with Crippen LogP contribution in [0.2, 0.25) is 0 Å². The molecular weight excluding hydrogens is 220 g/mol. The largest absolute Gasteiger partial charge is 0.494 e. The van der Waals surface area contributed by atoms with E-state index < -0.39 is 12.1 Å². The molecule has 0 fully saturated rings. The molecule has 1 rings (SSSR count). The summed E-state index contributed by atoms with van der Waals surface area (Å²) in [7, 11) is 0. The summed E-state index contributed by atoms with van der Waals surface area (Å²) >= 11 is 0. The van der Waals surface area contributed by atoms with Gasteiger partial charge in [-0.25, -0.2) is 4.79 Å². The molecule has 0 aliphatic carbocycles. The van der Waals surface area contributed by atoms with E-state index in [1.807, 2.05) is 37.3 Å². The van der Waals surface area contributed by atoms with Crippen molar-refractivity contribution >= 4 is 5.97 Å². The summed E-state index contributed by atoms with van der Waals surface area (Å²) in [6.07, 6.45) is -0.991. The molecule has 1 atom stereocenters. The van der Waals surface area contributed by atoms with Crippen LogP contribution in [0.3, 0.4) is 0 Å². The summed E-state index contributed by atoms with van der Waals surface area (Å²) in [5.74, 6) is 0.382. The average molecular weight is 240 g/mol. The van der Waals surface area contributed by atoms with Gasteiger partial charge in [0.15, 0.2) is 0 Å². The standard InChI is InChI=1S/C8H10O.C5H10O3/c1-2-9-8-6-4-3-5-7-8;1-3-8-5(7)4(2)6/h3-7H,2H2,1H3;4,6H,3H2,1-2H3. The molecule has 0 radical (unpaired) electrons. The molecule has 17 heavy (non-hydrogen) atoms. The van der Waals surface area contributed by atoms with Gasteiger partial charge >= 0.3 is 5.97 Å². The summed E-state index contributed by atoms with van der Waals surface area (Å²) in [6.45, 7) is 6.11. The lowest BCUT2D eigenvalue weighted by Crippen LogP contribution is -2.18. The summed E-state index contributed by atoms with van der Waals surface area (Å²) in [5, 5.41) is 8.48. The Balaban J connectivity index is 0.000000304. The lowest BCUT2D eigenvalue weighted by molar-refractivity contribution is -0.151. The number of carbonyl (C=O) groups is 1. The zero-order chi connectivity index (χ0) is 13.1. The fourth-order valence-electron chi connectivity index (χ4n) is 0.946. The summed E-state index contributed by atoms with van der Waals surface area (Å²) in [5.41, 5.74) is 0. The van der Waals surface area contributed by atoms with Crippen molar-refractivity contribution in [2.75, 3.05) is 13.2 Å². The highest BCUT2D eigenvalue weighted by molar-refractivity contribution is 5.73. The van der Waals surface area contributed by atoms with Crippen LogP contribution in [0.5, 0.6) is 5.75 Å². The van der Waals surface area contributed by atoms with Gasteiger partial charge in [0.2, 0.25) is 0 Å². The monoisotopic (exact) mass is 240 g/mol. The Morgan fingerprint density at radius 1 is 1.24 bits per heavy atom. The number of hydrogen-bond donors (Lipinski definition) is 1. The molecule has 1 unspecified atom stereocenters. The van der Waals surface area contributed by atoms with Gasteiger partial charge in [-0.05, 0) is 32.9 Å². The van der Waals surface area contributed by atoms with Gasteiger partial charge in [0.1, 0.15) is 11.9 Å². The van der Waals surface area contributed by atoms with Crippen LogP contribution < -0.4 is 4.74 Å². The van der Waals surface area contributed by atoms with E-state index in [-0.39, 0.29) is 0 Å². The number of aliphatic hydroxyl groups is 1. The fourth-order valence-corrected chi connectivity index (χ4v) is 0.946. The fraction of sp³-hybridized carbons (Fsp3) is 0.462. The van der Waals surface area contributed by atoms with Crippen molar-refractivity contribution in [2.24, 2.45) is 0 Å². The number of rotatable bonds is 4. The van der Waals surface area contributed by atoms with Gasteiger partial charge in [0.05, 0.1) is 13.2 Å². The van der Waals surface area contributed by atoms with Crippen LogP contribution in [0, 0.1) is 0 Å². The average Bonchev–Trinajstić information content (AvgIpc) is 2.32. The predicted octanol–water partition coefficient (Wildman–Crippen LogP) is 2.02. The van der Waals surface area contributed by atoms with Gasteiger partial charge < -0.3 is 14.6 Å². The van der Waals surface area contributed by atoms with Crippen molar-refractivity contribution < 1.29 is 19.4 Å². The smallest absolute Gasteiger partial charge is 0.334 e. The van der Waals surface area contributed by atoms with Gasteiger partial charge in [-0.3, -0.25) is 0 Å². The summed E-state index contributed by atoms with van der Waals surface area (Å²) < 4.78 is 9.62. The first-order valence-electron chi connectivity index (χ1n) is 5.64. The van der Waals surface area contributed by atoms with E-state index in [1.165, 1.54) is 6.92 Å². The molecule has 0 saturated carbocycles. The molecule has 0 saturated heterocycles. The second-order valence-corrected chi connectivity index (χ2v) is 3.17. The van der Waals surface area contributed by atoms with Crippen LogP contribution in [0.4, 0.5) is 0 Å². The maximum absolute atomic E-state index is 10.3. The van der Waals surface area contributed by atoms with Gasteiger partial charge in [-0.2, -0.15) is 0 Å². The molecule has 0 aliphatic heterocycles. The Morgan fingerprint density at radius 2 is 1.82 bits per heavy atom. The van der Waals surface area contributed by atoms with Crippen molar-refractivity contribution in [3.8, 4) is 5.75 Å². The first-order valence-corrected chi connectivity index (χ1v) is 5.64. The van der Waals surface area contributed by atoms with Crippen LogP contribution in [0.15, 0.2) is 30.3 Å². The number of benzene rings is 1. The normalized spacial score (nSPS) is 10.8. The number of aliphatic hydroxyl groups excluding tert-OH is 1. The zero-order valence-electron chi connectivity index (χ0n) is 10.6. The topological polar surface area (TPSA) is 55.8 Å². The third-order valence-electron chi connectivity index (χ3n) is 1.68. The van der Waals surface area contributed by atoms with Crippen LogP contribution in [-0.2, 0) is 9.53 Å². The van der Waals surface area contributed by atoms with E-state index in [0.717, 1.165) is 12.4 Å². The molecule has 0 heterocycles. The van der Waals surface area contributed by atoms with Crippen LogP contribution in [0.25, 0.3) is 0 Å².